The van der Waals surface area contributed by atoms with Gasteiger partial charge in [-0.1, -0.05) is 13.8 Å². The van der Waals surface area contributed by atoms with Gasteiger partial charge in [-0.2, -0.15) is 0 Å². The van der Waals surface area contributed by atoms with Crippen molar-refractivity contribution in [3.05, 3.63) is 22.6 Å². The number of hydrogen-bond donors (Lipinski definition) is 2. The Balaban J connectivity index is 2.43. The lowest BCUT2D eigenvalue weighted by atomic mass is 10.1. The molecule has 0 bridgehead atoms. The van der Waals surface area contributed by atoms with Gasteiger partial charge in [0.05, 0.1) is 22.9 Å². The monoisotopic (exact) mass is 275 g/mol. The number of hydrogen-bond acceptors (Lipinski definition) is 3. The molecule has 0 aliphatic heterocycles. The van der Waals surface area contributed by atoms with Crippen LogP contribution in [0.4, 0.5) is 0 Å². The van der Waals surface area contributed by atoms with Crippen molar-refractivity contribution in [2.24, 2.45) is 5.92 Å². The van der Waals surface area contributed by atoms with Crippen molar-refractivity contribution in [3.63, 3.8) is 0 Å². The maximum absolute atomic E-state index is 9.64. The Morgan fingerprint density at radius 3 is 2.60 bits per heavy atom. The molecule has 0 aliphatic carbocycles. The van der Waals surface area contributed by atoms with E-state index in [0.29, 0.717) is 6.54 Å². The standard InChI is InChI=1S/C11H18BrNO2/c1-7(2)10(14)6-13-8(3)11-9(12)4-5-15-11/h4-5,7-8,10,13-14H,6H2,1-3H3. The molecule has 1 aromatic heterocycles. The van der Waals surface area contributed by atoms with Crippen molar-refractivity contribution in [1.29, 1.82) is 0 Å². The third kappa shape index (κ3) is 3.63. The van der Waals surface area contributed by atoms with Crippen molar-refractivity contribution in [1.82, 2.24) is 5.32 Å². The van der Waals surface area contributed by atoms with Gasteiger partial charge in [0.1, 0.15) is 5.76 Å². The highest BCUT2D eigenvalue weighted by Gasteiger charge is 2.15. The summed E-state index contributed by atoms with van der Waals surface area (Å²) in [5.41, 5.74) is 0. The number of rotatable bonds is 5. The van der Waals surface area contributed by atoms with Crippen LogP contribution in [0.3, 0.4) is 0 Å². The topological polar surface area (TPSA) is 45.4 Å². The molecule has 15 heavy (non-hydrogen) atoms. The van der Waals surface area contributed by atoms with Crippen molar-refractivity contribution in [3.8, 4) is 0 Å². The second-order valence-electron chi connectivity index (χ2n) is 4.07. The smallest absolute Gasteiger partial charge is 0.134 e. The molecular formula is C11H18BrNO2. The molecule has 0 aromatic carbocycles. The summed E-state index contributed by atoms with van der Waals surface area (Å²) in [4.78, 5) is 0. The molecule has 1 heterocycles. The summed E-state index contributed by atoms with van der Waals surface area (Å²) in [7, 11) is 0. The van der Waals surface area contributed by atoms with Gasteiger partial charge in [0.2, 0.25) is 0 Å². The number of aliphatic hydroxyl groups is 1. The third-order valence-electron chi connectivity index (χ3n) is 2.44. The van der Waals surface area contributed by atoms with Crippen molar-refractivity contribution in [2.75, 3.05) is 6.54 Å². The predicted octanol–water partition coefficient (Wildman–Crippen LogP) is 2.71. The van der Waals surface area contributed by atoms with Crippen molar-refractivity contribution in [2.45, 2.75) is 32.9 Å². The summed E-state index contributed by atoms with van der Waals surface area (Å²) < 4.78 is 6.29. The first-order valence-corrected chi connectivity index (χ1v) is 5.96. The first kappa shape index (κ1) is 12.7. The van der Waals surface area contributed by atoms with E-state index in [0.717, 1.165) is 10.2 Å². The van der Waals surface area contributed by atoms with Crippen LogP contribution in [0.5, 0.6) is 0 Å². The van der Waals surface area contributed by atoms with Crippen LogP contribution in [0.2, 0.25) is 0 Å². The lowest BCUT2D eigenvalue weighted by molar-refractivity contribution is 0.119. The fourth-order valence-electron chi connectivity index (χ4n) is 1.24. The summed E-state index contributed by atoms with van der Waals surface area (Å²) in [6.45, 7) is 6.59. The lowest BCUT2D eigenvalue weighted by Crippen LogP contribution is -2.32. The van der Waals surface area contributed by atoms with Gasteiger partial charge in [-0.3, -0.25) is 0 Å². The average molecular weight is 276 g/mol. The summed E-state index contributed by atoms with van der Waals surface area (Å²) >= 11 is 3.41. The van der Waals surface area contributed by atoms with Gasteiger partial charge >= 0.3 is 0 Å². The molecule has 3 nitrogen and oxygen atoms in total. The zero-order valence-corrected chi connectivity index (χ0v) is 10.9. The maximum atomic E-state index is 9.64. The fourth-order valence-corrected chi connectivity index (χ4v) is 1.79. The highest BCUT2D eigenvalue weighted by molar-refractivity contribution is 9.10. The van der Waals surface area contributed by atoms with Crippen LogP contribution < -0.4 is 5.32 Å². The second-order valence-corrected chi connectivity index (χ2v) is 4.93. The van der Waals surface area contributed by atoms with E-state index >= 15 is 0 Å². The molecule has 0 radical (unpaired) electrons. The number of aliphatic hydroxyl groups excluding tert-OH is 1. The Bertz CT molecular complexity index is 299. The van der Waals surface area contributed by atoms with E-state index in [4.69, 9.17) is 4.42 Å². The summed E-state index contributed by atoms with van der Waals surface area (Å²) in [6.07, 6.45) is 1.33. The summed E-state index contributed by atoms with van der Waals surface area (Å²) in [6, 6.07) is 1.97. The van der Waals surface area contributed by atoms with E-state index in [1.54, 1.807) is 6.26 Å². The quantitative estimate of drug-likeness (QED) is 0.869. The van der Waals surface area contributed by atoms with Crippen LogP contribution in [-0.4, -0.2) is 17.8 Å². The molecule has 0 aliphatic rings. The molecule has 0 amide bonds. The van der Waals surface area contributed by atoms with Crippen LogP contribution in [-0.2, 0) is 0 Å². The molecule has 86 valence electrons. The Morgan fingerprint density at radius 1 is 1.47 bits per heavy atom. The molecule has 2 unspecified atom stereocenters. The van der Waals surface area contributed by atoms with Crippen molar-refractivity contribution < 1.29 is 9.52 Å². The summed E-state index contributed by atoms with van der Waals surface area (Å²) in [5, 5.41) is 12.9. The van der Waals surface area contributed by atoms with Crippen LogP contribution in [0, 0.1) is 5.92 Å². The van der Waals surface area contributed by atoms with E-state index in [-0.39, 0.29) is 18.1 Å². The minimum absolute atomic E-state index is 0.0998. The van der Waals surface area contributed by atoms with Gasteiger partial charge in [0.15, 0.2) is 0 Å². The van der Waals surface area contributed by atoms with E-state index in [2.05, 4.69) is 21.2 Å². The van der Waals surface area contributed by atoms with E-state index in [9.17, 15) is 5.11 Å². The zero-order valence-electron chi connectivity index (χ0n) is 9.33. The number of nitrogens with one attached hydrogen (secondary N) is 1. The first-order valence-electron chi connectivity index (χ1n) is 5.16. The van der Waals surface area contributed by atoms with E-state index in [1.165, 1.54) is 0 Å². The average Bonchev–Trinajstić information content (AvgIpc) is 2.60. The van der Waals surface area contributed by atoms with Crippen LogP contribution >= 0.6 is 15.9 Å². The molecule has 1 aromatic rings. The second kappa shape index (κ2) is 5.68. The van der Waals surface area contributed by atoms with Gasteiger partial charge in [-0.15, -0.1) is 0 Å². The molecular weight excluding hydrogens is 258 g/mol. The summed E-state index contributed by atoms with van der Waals surface area (Å²) in [5.74, 6) is 1.13. The van der Waals surface area contributed by atoms with E-state index in [1.807, 2.05) is 26.8 Å². The lowest BCUT2D eigenvalue weighted by Gasteiger charge is -2.18. The van der Waals surface area contributed by atoms with Crippen LogP contribution in [0.1, 0.15) is 32.6 Å². The highest BCUT2D eigenvalue weighted by atomic mass is 79.9. The number of halogens is 1. The predicted molar refractivity (Wildman–Crippen MR) is 63.7 cm³/mol. The van der Waals surface area contributed by atoms with Crippen LogP contribution in [0.15, 0.2) is 21.2 Å². The Labute approximate surface area is 99.0 Å². The molecule has 4 heteroatoms. The maximum Gasteiger partial charge on any atom is 0.134 e. The Morgan fingerprint density at radius 2 is 2.13 bits per heavy atom. The third-order valence-corrected chi connectivity index (χ3v) is 3.10. The molecule has 0 fully saturated rings. The van der Waals surface area contributed by atoms with Crippen molar-refractivity contribution >= 4 is 15.9 Å². The van der Waals surface area contributed by atoms with Crippen LogP contribution in [0.25, 0.3) is 0 Å². The minimum atomic E-state index is -0.318. The van der Waals surface area contributed by atoms with Gasteiger partial charge in [-0.05, 0) is 34.8 Å². The van der Waals surface area contributed by atoms with Gasteiger partial charge < -0.3 is 14.8 Å². The molecule has 2 atom stereocenters. The first-order chi connectivity index (χ1) is 7.02. The molecule has 0 saturated carbocycles. The number of furan rings is 1. The fraction of sp³-hybridized carbons (Fsp3) is 0.636. The Kier molecular flexibility index (Phi) is 4.83. The minimum Gasteiger partial charge on any atom is -0.466 e. The normalized spacial score (nSPS) is 15.6. The van der Waals surface area contributed by atoms with E-state index < -0.39 is 0 Å². The van der Waals surface area contributed by atoms with Gasteiger partial charge in [0.25, 0.3) is 0 Å². The highest BCUT2D eigenvalue weighted by Crippen LogP contribution is 2.24. The molecule has 0 spiro atoms. The van der Waals surface area contributed by atoms with Gasteiger partial charge in [-0.25, -0.2) is 0 Å². The largest absolute Gasteiger partial charge is 0.466 e. The Hall–Kier alpha value is -0.320. The molecule has 1 rings (SSSR count). The molecule has 0 saturated heterocycles. The molecule has 2 N–H and O–H groups in total. The SMILES string of the molecule is CC(NCC(O)C(C)C)c1occc1Br. The zero-order chi connectivity index (χ0) is 11.4. The van der Waals surface area contributed by atoms with Gasteiger partial charge in [0, 0.05) is 6.54 Å².